The van der Waals surface area contributed by atoms with E-state index in [-0.39, 0.29) is 17.2 Å². The number of halogens is 1. The summed E-state index contributed by atoms with van der Waals surface area (Å²) in [5.74, 6) is 1.17. The minimum absolute atomic E-state index is 0.125. The normalized spacial score (nSPS) is 23.3. The van der Waals surface area contributed by atoms with E-state index in [1.54, 1.807) is 0 Å². The van der Waals surface area contributed by atoms with Crippen molar-refractivity contribution in [3.63, 3.8) is 0 Å². The molecule has 1 aliphatic rings. The number of ether oxygens (including phenoxy) is 3. The molecule has 6 nitrogen and oxygen atoms in total. The van der Waals surface area contributed by atoms with Crippen LogP contribution in [0.2, 0.25) is 5.02 Å². The zero-order valence-electron chi connectivity index (χ0n) is 11.5. The van der Waals surface area contributed by atoms with E-state index in [0.29, 0.717) is 17.7 Å². The lowest BCUT2D eigenvalue weighted by atomic mass is 10.2. The molecule has 1 fully saturated rings. The van der Waals surface area contributed by atoms with Gasteiger partial charge in [-0.3, -0.25) is 0 Å². The summed E-state index contributed by atoms with van der Waals surface area (Å²) in [6.45, 7) is 5.48. The van der Waals surface area contributed by atoms with E-state index in [1.807, 2.05) is 18.7 Å². The Bertz CT molecular complexity index is 423. The van der Waals surface area contributed by atoms with Gasteiger partial charge in [0.25, 0.3) is 0 Å². The molecule has 2 heterocycles. The summed E-state index contributed by atoms with van der Waals surface area (Å²) in [7, 11) is 3.03. The van der Waals surface area contributed by atoms with Crippen LogP contribution in [0.4, 0.5) is 5.95 Å². The van der Waals surface area contributed by atoms with Gasteiger partial charge in [-0.15, -0.1) is 0 Å². The van der Waals surface area contributed by atoms with E-state index >= 15 is 0 Å². The molecule has 1 aliphatic heterocycles. The molecule has 0 aliphatic carbocycles. The summed E-state index contributed by atoms with van der Waals surface area (Å²) >= 11 is 6.06. The number of morpholine rings is 1. The molecule has 7 heteroatoms. The van der Waals surface area contributed by atoms with Crippen LogP contribution in [0, 0.1) is 0 Å². The molecule has 2 atom stereocenters. The second kappa shape index (κ2) is 5.79. The predicted molar refractivity (Wildman–Crippen MR) is 72.4 cm³/mol. The van der Waals surface area contributed by atoms with Crippen molar-refractivity contribution in [2.75, 3.05) is 32.2 Å². The van der Waals surface area contributed by atoms with Crippen LogP contribution in [-0.4, -0.2) is 49.5 Å². The van der Waals surface area contributed by atoms with Gasteiger partial charge in [-0.05, 0) is 13.8 Å². The Kier molecular flexibility index (Phi) is 4.31. The summed E-state index contributed by atoms with van der Waals surface area (Å²) < 4.78 is 16.0. The molecular formula is C12H18ClN3O3. The number of hydrogen-bond donors (Lipinski definition) is 0. The van der Waals surface area contributed by atoms with Crippen molar-refractivity contribution in [3.05, 3.63) is 5.02 Å². The highest BCUT2D eigenvalue weighted by Crippen LogP contribution is 2.33. The second-order valence-electron chi connectivity index (χ2n) is 4.52. The fourth-order valence-corrected chi connectivity index (χ4v) is 2.39. The molecule has 0 spiro atoms. The van der Waals surface area contributed by atoms with Crippen LogP contribution in [0.25, 0.3) is 0 Å². The van der Waals surface area contributed by atoms with Gasteiger partial charge in [-0.25, -0.2) is 0 Å². The standard InChI is InChI=1S/C12H18ClN3O3/c1-7-5-16(6-8(2)19-7)12-14-10(17-3)9(13)11(15-12)18-4/h7-8H,5-6H2,1-4H3/t7-,8?/m0/s1. The molecule has 2 rings (SSSR count). The van der Waals surface area contributed by atoms with Gasteiger partial charge in [0, 0.05) is 13.1 Å². The summed E-state index contributed by atoms with van der Waals surface area (Å²) in [5.41, 5.74) is 0. The van der Waals surface area contributed by atoms with Gasteiger partial charge in [-0.2, -0.15) is 9.97 Å². The first-order chi connectivity index (χ1) is 9.05. The molecule has 1 aromatic heterocycles. The third-order valence-corrected chi connectivity index (χ3v) is 3.19. The molecule has 0 N–H and O–H groups in total. The number of aromatic nitrogens is 2. The Morgan fingerprint density at radius 3 is 2.00 bits per heavy atom. The molecule has 0 radical (unpaired) electrons. The molecule has 19 heavy (non-hydrogen) atoms. The maximum atomic E-state index is 6.06. The van der Waals surface area contributed by atoms with Crippen LogP contribution in [0.1, 0.15) is 13.8 Å². The molecule has 0 bridgehead atoms. The molecule has 1 aromatic rings. The Morgan fingerprint density at radius 2 is 1.58 bits per heavy atom. The average Bonchev–Trinajstić information content (AvgIpc) is 2.37. The zero-order valence-corrected chi connectivity index (χ0v) is 12.3. The third-order valence-electron chi connectivity index (χ3n) is 2.87. The lowest BCUT2D eigenvalue weighted by Gasteiger charge is -2.35. The molecule has 0 amide bonds. The Labute approximate surface area is 117 Å². The van der Waals surface area contributed by atoms with Gasteiger partial charge >= 0.3 is 0 Å². The summed E-state index contributed by atoms with van der Waals surface area (Å²) in [6, 6.07) is 0. The van der Waals surface area contributed by atoms with Crippen LogP contribution in [0.3, 0.4) is 0 Å². The van der Waals surface area contributed by atoms with Crippen molar-refractivity contribution in [1.82, 2.24) is 9.97 Å². The zero-order chi connectivity index (χ0) is 14.0. The fourth-order valence-electron chi connectivity index (χ4n) is 2.15. The van der Waals surface area contributed by atoms with Crippen LogP contribution in [0.15, 0.2) is 0 Å². The largest absolute Gasteiger partial charge is 0.480 e. The van der Waals surface area contributed by atoms with Gasteiger partial charge in [0.1, 0.15) is 0 Å². The van der Waals surface area contributed by atoms with Gasteiger partial charge in [0.05, 0.1) is 26.4 Å². The van der Waals surface area contributed by atoms with E-state index in [2.05, 4.69) is 9.97 Å². The lowest BCUT2D eigenvalue weighted by Crippen LogP contribution is -2.46. The summed E-state index contributed by atoms with van der Waals surface area (Å²) in [4.78, 5) is 10.7. The quantitative estimate of drug-likeness (QED) is 0.844. The van der Waals surface area contributed by atoms with Gasteiger partial charge < -0.3 is 19.1 Å². The monoisotopic (exact) mass is 287 g/mol. The minimum atomic E-state index is 0.125. The Hall–Kier alpha value is -1.27. The Morgan fingerprint density at radius 1 is 1.11 bits per heavy atom. The van der Waals surface area contributed by atoms with E-state index in [1.165, 1.54) is 14.2 Å². The first-order valence-electron chi connectivity index (χ1n) is 6.11. The highest BCUT2D eigenvalue weighted by molar-refractivity contribution is 6.33. The van der Waals surface area contributed by atoms with Crippen LogP contribution < -0.4 is 14.4 Å². The van der Waals surface area contributed by atoms with Crippen molar-refractivity contribution >= 4 is 17.5 Å². The molecule has 1 saturated heterocycles. The van der Waals surface area contributed by atoms with Crippen molar-refractivity contribution < 1.29 is 14.2 Å². The van der Waals surface area contributed by atoms with Crippen LogP contribution >= 0.6 is 11.6 Å². The maximum Gasteiger partial charge on any atom is 0.241 e. The smallest absolute Gasteiger partial charge is 0.241 e. The topological polar surface area (TPSA) is 56.7 Å². The molecule has 1 unspecified atom stereocenters. The number of hydrogen-bond acceptors (Lipinski definition) is 6. The number of anilines is 1. The Balaban J connectivity index is 2.33. The van der Waals surface area contributed by atoms with Crippen LogP contribution in [0.5, 0.6) is 11.8 Å². The third kappa shape index (κ3) is 3.01. The number of rotatable bonds is 3. The molecule has 0 saturated carbocycles. The first kappa shape index (κ1) is 14.1. The highest BCUT2D eigenvalue weighted by Gasteiger charge is 2.26. The van der Waals surface area contributed by atoms with Crippen molar-refractivity contribution in [1.29, 1.82) is 0 Å². The van der Waals surface area contributed by atoms with E-state index in [4.69, 9.17) is 25.8 Å². The van der Waals surface area contributed by atoms with Gasteiger partial charge in [-0.1, -0.05) is 11.6 Å². The first-order valence-corrected chi connectivity index (χ1v) is 6.48. The SMILES string of the molecule is COc1nc(N2CC(C)O[C@@H](C)C2)nc(OC)c1Cl. The summed E-state index contributed by atoms with van der Waals surface area (Å²) in [6.07, 6.45) is 0.250. The lowest BCUT2D eigenvalue weighted by molar-refractivity contribution is -0.00578. The van der Waals surface area contributed by atoms with Gasteiger partial charge in [0.2, 0.25) is 17.7 Å². The van der Waals surface area contributed by atoms with Crippen molar-refractivity contribution in [2.24, 2.45) is 0 Å². The van der Waals surface area contributed by atoms with Crippen LogP contribution in [-0.2, 0) is 4.74 Å². The second-order valence-corrected chi connectivity index (χ2v) is 4.90. The number of nitrogens with zero attached hydrogens (tertiary/aromatic N) is 3. The van der Waals surface area contributed by atoms with E-state index < -0.39 is 0 Å². The highest BCUT2D eigenvalue weighted by atomic mass is 35.5. The fraction of sp³-hybridized carbons (Fsp3) is 0.667. The average molecular weight is 288 g/mol. The molecular weight excluding hydrogens is 270 g/mol. The molecule has 0 aromatic carbocycles. The maximum absolute atomic E-state index is 6.06. The minimum Gasteiger partial charge on any atom is -0.480 e. The molecule has 106 valence electrons. The van der Waals surface area contributed by atoms with Crippen molar-refractivity contribution in [2.45, 2.75) is 26.1 Å². The van der Waals surface area contributed by atoms with E-state index in [9.17, 15) is 0 Å². The summed E-state index contributed by atoms with van der Waals surface area (Å²) in [5, 5.41) is 0.281. The van der Waals surface area contributed by atoms with Crippen molar-refractivity contribution in [3.8, 4) is 11.8 Å². The predicted octanol–water partition coefficient (Wildman–Crippen LogP) is 1.76. The van der Waals surface area contributed by atoms with Gasteiger partial charge in [0.15, 0.2) is 5.02 Å². The number of methoxy groups -OCH3 is 2. The van der Waals surface area contributed by atoms with E-state index in [0.717, 1.165) is 13.1 Å².